The molecule has 1 aromatic carbocycles. The van der Waals surface area contributed by atoms with Crippen LogP contribution in [0.3, 0.4) is 0 Å². The van der Waals surface area contributed by atoms with Gasteiger partial charge in [0.05, 0.1) is 0 Å². The van der Waals surface area contributed by atoms with Gasteiger partial charge in [-0.1, -0.05) is 13.8 Å². The highest BCUT2D eigenvalue weighted by atomic mass is 16.4. The minimum Gasteiger partial charge on any atom is -0.480 e. The monoisotopic (exact) mass is 250 g/mol. The van der Waals surface area contributed by atoms with E-state index >= 15 is 0 Å². The maximum Gasteiger partial charge on any atom is 0.326 e. The Balaban J connectivity index is 2.72. The molecule has 0 fully saturated rings. The average molecular weight is 250 g/mol. The van der Waals surface area contributed by atoms with Crippen molar-refractivity contribution in [2.24, 2.45) is 5.92 Å². The SMILES string of the molecule is CC(C)CC(Nc1ccc(N(C)C)cc1)C(=O)O. The Morgan fingerprint density at radius 3 is 2.22 bits per heavy atom. The first kappa shape index (κ1) is 14.4. The molecule has 100 valence electrons. The zero-order valence-electron chi connectivity index (χ0n) is 11.5. The molecular weight excluding hydrogens is 228 g/mol. The van der Waals surface area contributed by atoms with E-state index in [1.54, 1.807) is 0 Å². The van der Waals surface area contributed by atoms with Gasteiger partial charge in [0.2, 0.25) is 0 Å². The Kier molecular flexibility index (Phi) is 5.01. The molecule has 4 heteroatoms. The Labute approximate surface area is 109 Å². The third kappa shape index (κ3) is 4.28. The minimum absolute atomic E-state index is 0.347. The van der Waals surface area contributed by atoms with Gasteiger partial charge >= 0.3 is 5.97 Å². The van der Waals surface area contributed by atoms with E-state index < -0.39 is 12.0 Å². The number of rotatable bonds is 6. The van der Waals surface area contributed by atoms with Gasteiger partial charge in [-0.25, -0.2) is 4.79 Å². The zero-order valence-corrected chi connectivity index (χ0v) is 11.5. The molecule has 1 atom stereocenters. The van der Waals surface area contributed by atoms with E-state index in [1.807, 2.05) is 57.1 Å². The van der Waals surface area contributed by atoms with Gasteiger partial charge in [-0.05, 0) is 36.6 Å². The second kappa shape index (κ2) is 6.28. The average Bonchev–Trinajstić information content (AvgIpc) is 2.28. The van der Waals surface area contributed by atoms with E-state index in [1.165, 1.54) is 0 Å². The normalized spacial score (nSPS) is 12.3. The lowest BCUT2D eigenvalue weighted by Gasteiger charge is -2.18. The van der Waals surface area contributed by atoms with Gasteiger partial charge in [0.1, 0.15) is 6.04 Å². The molecule has 1 aromatic rings. The first-order valence-corrected chi connectivity index (χ1v) is 6.17. The van der Waals surface area contributed by atoms with Crippen LogP contribution >= 0.6 is 0 Å². The van der Waals surface area contributed by atoms with Gasteiger partial charge in [-0.3, -0.25) is 0 Å². The lowest BCUT2D eigenvalue weighted by Crippen LogP contribution is -2.30. The summed E-state index contributed by atoms with van der Waals surface area (Å²) in [6.07, 6.45) is 0.616. The maximum atomic E-state index is 11.1. The molecule has 1 unspecified atom stereocenters. The number of hydrogen-bond donors (Lipinski definition) is 2. The van der Waals surface area contributed by atoms with Crippen LogP contribution in [-0.2, 0) is 4.79 Å². The number of benzene rings is 1. The summed E-state index contributed by atoms with van der Waals surface area (Å²) in [7, 11) is 3.95. The topological polar surface area (TPSA) is 52.6 Å². The molecule has 0 heterocycles. The third-order valence-corrected chi connectivity index (χ3v) is 2.73. The lowest BCUT2D eigenvalue weighted by molar-refractivity contribution is -0.138. The van der Waals surface area contributed by atoms with E-state index in [0.717, 1.165) is 11.4 Å². The molecule has 0 bridgehead atoms. The highest BCUT2D eigenvalue weighted by Crippen LogP contribution is 2.18. The van der Waals surface area contributed by atoms with E-state index in [0.29, 0.717) is 12.3 Å². The van der Waals surface area contributed by atoms with Gasteiger partial charge in [0, 0.05) is 25.5 Å². The van der Waals surface area contributed by atoms with Gasteiger partial charge in [-0.2, -0.15) is 0 Å². The number of nitrogens with one attached hydrogen (secondary N) is 1. The molecule has 4 nitrogen and oxygen atoms in total. The number of nitrogens with zero attached hydrogens (tertiary/aromatic N) is 1. The van der Waals surface area contributed by atoms with Crippen LogP contribution in [0.2, 0.25) is 0 Å². The number of carboxylic acid groups (broad SMARTS) is 1. The Morgan fingerprint density at radius 1 is 1.28 bits per heavy atom. The predicted molar refractivity (Wildman–Crippen MR) is 75.3 cm³/mol. The van der Waals surface area contributed by atoms with E-state index in [4.69, 9.17) is 5.11 Å². The Hall–Kier alpha value is -1.71. The van der Waals surface area contributed by atoms with Crippen LogP contribution in [0, 0.1) is 5.92 Å². The van der Waals surface area contributed by atoms with Crippen molar-refractivity contribution < 1.29 is 9.90 Å². The molecule has 0 aliphatic heterocycles. The second-order valence-electron chi connectivity index (χ2n) is 5.11. The van der Waals surface area contributed by atoms with Crippen molar-refractivity contribution >= 4 is 17.3 Å². The number of hydrogen-bond acceptors (Lipinski definition) is 3. The Bertz CT molecular complexity index is 385. The lowest BCUT2D eigenvalue weighted by atomic mass is 10.0. The van der Waals surface area contributed by atoms with Gasteiger partial charge in [0.25, 0.3) is 0 Å². The second-order valence-corrected chi connectivity index (χ2v) is 5.11. The quantitative estimate of drug-likeness (QED) is 0.815. The van der Waals surface area contributed by atoms with Crippen molar-refractivity contribution in [3.63, 3.8) is 0 Å². The first-order valence-electron chi connectivity index (χ1n) is 6.17. The fourth-order valence-corrected chi connectivity index (χ4v) is 1.75. The molecule has 0 aliphatic carbocycles. The molecule has 0 saturated heterocycles. The third-order valence-electron chi connectivity index (χ3n) is 2.73. The van der Waals surface area contributed by atoms with Crippen molar-refractivity contribution in [2.75, 3.05) is 24.3 Å². The highest BCUT2D eigenvalue weighted by molar-refractivity contribution is 5.77. The summed E-state index contributed by atoms with van der Waals surface area (Å²) in [6.45, 7) is 4.04. The van der Waals surface area contributed by atoms with Crippen molar-refractivity contribution in [1.29, 1.82) is 0 Å². The molecule has 0 saturated carbocycles. The van der Waals surface area contributed by atoms with Gasteiger partial charge < -0.3 is 15.3 Å². The fourth-order valence-electron chi connectivity index (χ4n) is 1.75. The van der Waals surface area contributed by atoms with Crippen molar-refractivity contribution in [1.82, 2.24) is 0 Å². The van der Waals surface area contributed by atoms with Gasteiger partial charge in [-0.15, -0.1) is 0 Å². The van der Waals surface area contributed by atoms with E-state index in [-0.39, 0.29) is 0 Å². The summed E-state index contributed by atoms with van der Waals surface area (Å²) in [4.78, 5) is 13.2. The fraction of sp³-hybridized carbons (Fsp3) is 0.500. The van der Waals surface area contributed by atoms with Crippen LogP contribution in [0.25, 0.3) is 0 Å². The molecule has 0 aromatic heterocycles. The number of aliphatic carboxylic acids is 1. The van der Waals surface area contributed by atoms with Crippen LogP contribution < -0.4 is 10.2 Å². The van der Waals surface area contributed by atoms with Crippen LogP contribution in [0.4, 0.5) is 11.4 Å². The molecule has 0 aliphatic rings. The molecule has 18 heavy (non-hydrogen) atoms. The highest BCUT2D eigenvalue weighted by Gasteiger charge is 2.18. The standard InChI is InChI=1S/C14H22N2O2/c1-10(2)9-13(14(17)18)15-11-5-7-12(8-6-11)16(3)4/h5-8,10,13,15H,9H2,1-4H3,(H,17,18). The summed E-state index contributed by atoms with van der Waals surface area (Å²) in [5, 5.41) is 12.2. The van der Waals surface area contributed by atoms with Crippen LogP contribution in [-0.4, -0.2) is 31.2 Å². The largest absolute Gasteiger partial charge is 0.480 e. The number of carboxylic acids is 1. The first-order chi connectivity index (χ1) is 8.40. The summed E-state index contributed by atoms with van der Waals surface area (Å²) in [5.74, 6) is -0.458. The Morgan fingerprint density at radius 2 is 1.83 bits per heavy atom. The molecule has 0 radical (unpaired) electrons. The zero-order chi connectivity index (χ0) is 13.7. The minimum atomic E-state index is -0.805. The van der Waals surface area contributed by atoms with Gasteiger partial charge in [0.15, 0.2) is 0 Å². The van der Waals surface area contributed by atoms with Crippen LogP contribution in [0.5, 0.6) is 0 Å². The summed E-state index contributed by atoms with van der Waals surface area (Å²) in [5.41, 5.74) is 1.94. The van der Waals surface area contributed by atoms with Crippen molar-refractivity contribution in [2.45, 2.75) is 26.3 Å². The number of anilines is 2. The predicted octanol–water partition coefficient (Wildman–Crippen LogP) is 2.66. The van der Waals surface area contributed by atoms with E-state index in [2.05, 4.69) is 5.32 Å². The molecular formula is C14H22N2O2. The number of carbonyl (C=O) groups is 1. The van der Waals surface area contributed by atoms with Crippen molar-refractivity contribution in [3.8, 4) is 0 Å². The summed E-state index contributed by atoms with van der Waals surface area (Å²) < 4.78 is 0. The van der Waals surface area contributed by atoms with E-state index in [9.17, 15) is 4.79 Å². The molecule has 1 rings (SSSR count). The molecule has 0 spiro atoms. The maximum absolute atomic E-state index is 11.1. The summed E-state index contributed by atoms with van der Waals surface area (Å²) in [6, 6.07) is 7.22. The van der Waals surface area contributed by atoms with Crippen molar-refractivity contribution in [3.05, 3.63) is 24.3 Å². The van der Waals surface area contributed by atoms with Crippen LogP contribution in [0.15, 0.2) is 24.3 Å². The summed E-state index contributed by atoms with van der Waals surface area (Å²) >= 11 is 0. The van der Waals surface area contributed by atoms with Crippen LogP contribution in [0.1, 0.15) is 20.3 Å². The molecule has 2 N–H and O–H groups in total. The smallest absolute Gasteiger partial charge is 0.326 e. The molecule has 0 amide bonds.